The number of hydrogen-bond acceptors (Lipinski definition) is 5. The SMILES string of the molecule is COC(=O)c1cc(OCc2ccc(Br)cc2)no1. The molecule has 0 fully saturated rings. The summed E-state index contributed by atoms with van der Waals surface area (Å²) in [5, 5.41) is 3.61. The third-order valence-electron chi connectivity index (χ3n) is 2.18. The van der Waals surface area contributed by atoms with Crippen LogP contribution >= 0.6 is 15.9 Å². The van der Waals surface area contributed by atoms with E-state index in [1.165, 1.54) is 13.2 Å². The van der Waals surface area contributed by atoms with E-state index in [1.54, 1.807) is 0 Å². The Kier molecular flexibility index (Phi) is 3.99. The maximum Gasteiger partial charge on any atom is 0.377 e. The van der Waals surface area contributed by atoms with Crippen LogP contribution in [0.25, 0.3) is 0 Å². The molecule has 2 aromatic rings. The summed E-state index contributed by atoms with van der Waals surface area (Å²) in [5.74, 6) is -0.317. The third-order valence-corrected chi connectivity index (χ3v) is 2.70. The van der Waals surface area contributed by atoms with Crippen LogP contribution < -0.4 is 4.74 Å². The Morgan fingerprint density at radius 1 is 1.39 bits per heavy atom. The lowest BCUT2D eigenvalue weighted by Crippen LogP contribution is -1.98. The first-order valence-electron chi connectivity index (χ1n) is 5.11. The van der Waals surface area contributed by atoms with E-state index in [9.17, 15) is 4.79 Å². The van der Waals surface area contributed by atoms with Gasteiger partial charge in [-0.3, -0.25) is 0 Å². The van der Waals surface area contributed by atoms with E-state index in [4.69, 9.17) is 9.26 Å². The van der Waals surface area contributed by atoms with Gasteiger partial charge < -0.3 is 14.0 Å². The Morgan fingerprint density at radius 2 is 2.11 bits per heavy atom. The summed E-state index contributed by atoms with van der Waals surface area (Å²) >= 11 is 3.35. The third kappa shape index (κ3) is 3.10. The highest BCUT2D eigenvalue weighted by atomic mass is 79.9. The number of aromatic nitrogens is 1. The molecule has 0 spiro atoms. The zero-order valence-corrected chi connectivity index (χ0v) is 11.1. The number of methoxy groups -OCH3 is 1. The number of hydrogen-bond donors (Lipinski definition) is 0. The molecule has 6 heteroatoms. The molecule has 1 heterocycles. The molecule has 0 saturated heterocycles. The van der Waals surface area contributed by atoms with Gasteiger partial charge in [0.1, 0.15) is 6.61 Å². The van der Waals surface area contributed by atoms with Crippen molar-refractivity contribution in [1.82, 2.24) is 5.16 Å². The van der Waals surface area contributed by atoms with Crippen molar-refractivity contribution >= 4 is 21.9 Å². The Bertz CT molecular complexity index is 535. The topological polar surface area (TPSA) is 61.6 Å². The number of esters is 1. The van der Waals surface area contributed by atoms with Gasteiger partial charge in [0.2, 0.25) is 5.76 Å². The van der Waals surface area contributed by atoms with Crippen molar-refractivity contribution in [2.24, 2.45) is 0 Å². The highest BCUT2D eigenvalue weighted by Gasteiger charge is 2.13. The molecular formula is C12H10BrNO4. The van der Waals surface area contributed by atoms with Gasteiger partial charge in [-0.1, -0.05) is 28.1 Å². The number of benzene rings is 1. The zero-order chi connectivity index (χ0) is 13.0. The van der Waals surface area contributed by atoms with Crippen LogP contribution in [0.2, 0.25) is 0 Å². The van der Waals surface area contributed by atoms with Crippen molar-refractivity contribution in [3.63, 3.8) is 0 Å². The molecule has 0 aliphatic carbocycles. The van der Waals surface area contributed by atoms with E-state index in [-0.39, 0.29) is 11.6 Å². The maximum atomic E-state index is 11.1. The van der Waals surface area contributed by atoms with Crippen LogP contribution in [0.1, 0.15) is 16.1 Å². The zero-order valence-electron chi connectivity index (χ0n) is 9.55. The lowest BCUT2D eigenvalue weighted by Gasteiger charge is -2.01. The Balaban J connectivity index is 1.96. The first-order valence-corrected chi connectivity index (χ1v) is 5.90. The molecule has 0 unspecified atom stereocenters. The molecule has 0 amide bonds. The molecule has 1 aromatic heterocycles. The first-order chi connectivity index (χ1) is 8.69. The molecule has 1 aromatic carbocycles. The fourth-order valence-electron chi connectivity index (χ4n) is 1.26. The summed E-state index contributed by atoms with van der Waals surface area (Å²) in [7, 11) is 1.27. The van der Waals surface area contributed by atoms with Crippen molar-refractivity contribution < 1.29 is 18.8 Å². The second kappa shape index (κ2) is 5.68. The monoisotopic (exact) mass is 311 g/mol. The molecule has 0 N–H and O–H groups in total. The highest BCUT2D eigenvalue weighted by molar-refractivity contribution is 9.10. The van der Waals surface area contributed by atoms with Crippen LogP contribution in [0, 0.1) is 0 Å². The Hall–Kier alpha value is -1.82. The Morgan fingerprint density at radius 3 is 2.78 bits per heavy atom. The molecule has 5 nitrogen and oxygen atoms in total. The predicted octanol–water partition coefficient (Wildman–Crippen LogP) is 2.80. The van der Waals surface area contributed by atoms with Gasteiger partial charge in [0.25, 0.3) is 5.88 Å². The normalized spacial score (nSPS) is 10.1. The predicted molar refractivity (Wildman–Crippen MR) is 66.3 cm³/mol. The number of nitrogens with zero attached hydrogens (tertiary/aromatic N) is 1. The van der Waals surface area contributed by atoms with Gasteiger partial charge in [0.05, 0.1) is 13.2 Å². The van der Waals surface area contributed by atoms with Crippen LogP contribution in [0.5, 0.6) is 5.88 Å². The number of carbonyl (C=O) groups excluding carboxylic acids is 1. The second-order valence-corrected chi connectivity index (χ2v) is 4.35. The van der Waals surface area contributed by atoms with Crippen molar-refractivity contribution in [3.8, 4) is 5.88 Å². The largest absolute Gasteiger partial charge is 0.471 e. The fourth-order valence-corrected chi connectivity index (χ4v) is 1.53. The van der Waals surface area contributed by atoms with E-state index >= 15 is 0 Å². The molecule has 2 rings (SSSR count). The first kappa shape index (κ1) is 12.6. The summed E-state index contributed by atoms with van der Waals surface area (Å²) in [6, 6.07) is 9.07. The second-order valence-electron chi connectivity index (χ2n) is 3.44. The van der Waals surface area contributed by atoms with Gasteiger partial charge >= 0.3 is 5.97 Å². The van der Waals surface area contributed by atoms with Gasteiger partial charge in [0, 0.05) is 4.47 Å². The molecule has 0 aliphatic rings. The lowest BCUT2D eigenvalue weighted by atomic mass is 10.2. The summed E-state index contributed by atoms with van der Waals surface area (Å²) in [4.78, 5) is 11.1. The number of carbonyl (C=O) groups is 1. The minimum atomic E-state index is -0.582. The van der Waals surface area contributed by atoms with Gasteiger partial charge in [-0.25, -0.2) is 4.79 Å². The van der Waals surface area contributed by atoms with Crippen LogP contribution in [-0.2, 0) is 11.3 Å². The molecule has 94 valence electrons. The smallest absolute Gasteiger partial charge is 0.377 e. The molecular weight excluding hydrogens is 302 g/mol. The van der Waals surface area contributed by atoms with Crippen molar-refractivity contribution in [2.75, 3.05) is 7.11 Å². The van der Waals surface area contributed by atoms with Gasteiger partial charge in [-0.2, -0.15) is 0 Å². The van der Waals surface area contributed by atoms with Crippen LogP contribution in [0.15, 0.2) is 39.3 Å². The van der Waals surface area contributed by atoms with Gasteiger partial charge in [-0.15, -0.1) is 0 Å². The van der Waals surface area contributed by atoms with E-state index < -0.39 is 5.97 Å². The lowest BCUT2D eigenvalue weighted by molar-refractivity contribution is 0.0554. The van der Waals surface area contributed by atoms with E-state index in [0.717, 1.165) is 10.0 Å². The molecule has 18 heavy (non-hydrogen) atoms. The van der Waals surface area contributed by atoms with E-state index in [2.05, 4.69) is 25.8 Å². The van der Waals surface area contributed by atoms with Crippen LogP contribution in [0.3, 0.4) is 0 Å². The van der Waals surface area contributed by atoms with Crippen molar-refractivity contribution in [1.29, 1.82) is 0 Å². The van der Waals surface area contributed by atoms with Crippen molar-refractivity contribution in [3.05, 3.63) is 46.1 Å². The van der Waals surface area contributed by atoms with Gasteiger partial charge in [0.15, 0.2) is 0 Å². The summed E-state index contributed by atoms with van der Waals surface area (Å²) in [6.45, 7) is 0.348. The number of halogens is 1. The summed E-state index contributed by atoms with van der Waals surface area (Å²) in [5.41, 5.74) is 0.987. The van der Waals surface area contributed by atoms with E-state index in [1.807, 2.05) is 24.3 Å². The average molecular weight is 312 g/mol. The quantitative estimate of drug-likeness (QED) is 0.812. The molecule has 0 bridgehead atoms. The maximum absolute atomic E-state index is 11.1. The summed E-state index contributed by atoms with van der Waals surface area (Å²) < 4.78 is 15.6. The van der Waals surface area contributed by atoms with E-state index in [0.29, 0.717) is 6.61 Å². The number of ether oxygens (including phenoxy) is 2. The highest BCUT2D eigenvalue weighted by Crippen LogP contribution is 2.15. The molecule has 0 aliphatic heterocycles. The molecule has 0 atom stereocenters. The standard InChI is InChI=1S/C12H10BrNO4/c1-16-12(15)10-6-11(14-18-10)17-7-8-2-4-9(13)5-3-8/h2-6H,7H2,1H3. The fraction of sp³-hybridized carbons (Fsp3) is 0.167. The Labute approximate surface area is 112 Å². The number of rotatable bonds is 4. The van der Waals surface area contributed by atoms with Crippen LogP contribution in [-0.4, -0.2) is 18.2 Å². The average Bonchev–Trinajstić information content (AvgIpc) is 2.86. The minimum Gasteiger partial charge on any atom is -0.471 e. The molecule has 0 saturated carbocycles. The van der Waals surface area contributed by atoms with Crippen molar-refractivity contribution in [2.45, 2.75) is 6.61 Å². The summed E-state index contributed by atoms with van der Waals surface area (Å²) in [6.07, 6.45) is 0. The van der Waals surface area contributed by atoms with Gasteiger partial charge in [-0.05, 0) is 22.9 Å². The molecule has 0 radical (unpaired) electrons. The van der Waals surface area contributed by atoms with Crippen LogP contribution in [0.4, 0.5) is 0 Å². The minimum absolute atomic E-state index is 0.0170.